The van der Waals surface area contributed by atoms with E-state index in [1.807, 2.05) is 30.1 Å². The zero-order chi connectivity index (χ0) is 23.0. The van der Waals surface area contributed by atoms with E-state index in [1.165, 1.54) is 11.3 Å². The van der Waals surface area contributed by atoms with Gasteiger partial charge in [0.15, 0.2) is 5.96 Å². The van der Waals surface area contributed by atoms with E-state index < -0.39 is 0 Å². The molecule has 2 fully saturated rings. The molecule has 0 bridgehead atoms. The van der Waals surface area contributed by atoms with Gasteiger partial charge in [-0.25, -0.2) is 0 Å². The number of anilines is 1. The van der Waals surface area contributed by atoms with Crippen molar-refractivity contribution >= 4 is 41.5 Å². The zero-order valence-corrected chi connectivity index (χ0v) is 22.5. The van der Waals surface area contributed by atoms with Crippen LogP contribution in [0.5, 0.6) is 5.75 Å². The number of nitrogens with one attached hydrogen (secondary N) is 1. The molecule has 7 nitrogen and oxygen atoms in total. The molecule has 1 N–H and O–H groups in total. The predicted octanol–water partition coefficient (Wildman–Crippen LogP) is 3.42. The highest BCUT2D eigenvalue weighted by Crippen LogP contribution is 2.28. The summed E-state index contributed by atoms with van der Waals surface area (Å²) in [6.45, 7) is 5.81. The summed E-state index contributed by atoms with van der Waals surface area (Å²) in [6.07, 6.45) is 1.58. The summed E-state index contributed by atoms with van der Waals surface area (Å²) in [7, 11) is 3.50. The first-order valence-corrected chi connectivity index (χ1v) is 11.8. The number of likely N-dealkylation sites (tertiary alicyclic amines) is 1. The maximum absolute atomic E-state index is 12.7. The van der Waals surface area contributed by atoms with Gasteiger partial charge in [0.1, 0.15) is 5.75 Å². The number of rotatable bonds is 6. The number of guanidine groups is 1. The Morgan fingerprint density at radius 3 is 2.35 bits per heavy atom. The lowest BCUT2D eigenvalue weighted by Crippen LogP contribution is -2.49. The molecule has 0 spiro atoms. The van der Waals surface area contributed by atoms with Crippen molar-refractivity contribution in [3.05, 3.63) is 60.2 Å². The van der Waals surface area contributed by atoms with E-state index in [9.17, 15) is 4.79 Å². The quantitative estimate of drug-likeness (QED) is 0.324. The number of para-hydroxylation sites is 1. The van der Waals surface area contributed by atoms with Crippen LogP contribution >= 0.6 is 24.0 Å². The molecule has 4 rings (SSSR count). The standard InChI is InChI=1S/C26H35N5O2.HI/c1-27-26(31-15-13-22(20-31)21-8-10-24(33-2)11-9-21)28-14-12-25(32)30-18-16-29(17-19-30)23-6-4-3-5-7-23;/h3-11,22H,12-20H2,1-2H3,(H,27,28);1H. The molecule has 0 saturated carbocycles. The van der Waals surface area contributed by atoms with Crippen LogP contribution < -0.4 is 15.0 Å². The van der Waals surface area contributed by atoms with Crippen molar-refractivity contribution < 1.29 is 9.53 Å². The minimum absolute atomic E-state index is 0. The molecule has 0 aromatic heterocycles. The molecule has 1 unspecified atom stereocenters. The number of hydrogen-bond acceptors (Lipinski definition) is 4. The Balaban J connectivity index is 0.00000324. The van der Waals surface area contributed by atoms with Crippen molar-refractivity contribution in [1.82, 2.24) is 15.1 Å². The first kappa shape index (κ1) is 26.1. The van der Waals surface area contributed by atoms with Gasteiger partial charge >= 0.3 is 0 Å². The summed E-state index contributed by atoms with van der Waals surface area (Å²) in [5, 5.41) is 3.40. The Kier molecular flexibility index (Phi) is 9.86. The maximum atomic E-state index is 12.7. The topological polar surface area (TPSA) is 60.4 Å². The Bertz CT molecular complexity index is 930. The van der Waals surface area contributed by atoms with Crippen LogP contribution in [0.25, 0.3) is 0 Å². The summed E-state index contributed by atoms with van der Waals surface area (Å²) in [5.41, 5.74) is 2.56. The lowest BCUT2D eigenvalue weighted by Gasteiger charge is -2.36. The first-order chi connectivity index (χ1) is 16.2. The van der Waals surface area contributed by atoms with Crippen molar-refractivity contribution in [1.29, 1.82) is 0 Å². The Morgan fingerprint density at radius 1 is 1.00 bits per heavy atom. The SMILES string of the molecule is CN=C(NCCC(=O)N1CCN(c2ccccc2)CC1)N1CCC(c2ccc(OC)cc2)C1.I. The van der Waals surface area contributed by atoms with Gasteiger partial charge in [0.2, 0.25) is 5.91 Å². The van der Waals surface area contributed by atoms with Crippen LogP contribution in [0.1, 0.15) is 24.3 Å². The number of hydrogen-bond donors (Lipinski definition) is 1. The van der Waals surface area contributed by atoms with Crippen molar-refractivity contribution in [2.45, 2.75) is 18.8 Å². The molecule has 2 aromatic carbocycles. The Hall–Kier alpha value is -2.49. The summed E-state index contributed by atoms with van der Waals surface area (Å²) in [5.74, 6) is 2.46. The third kappa shape index (κ3) is 6.55. The highest BCUT2D eigenvalue weighted by molar-refractivity contribution is 14.0. The number of aliphatic imine (C=N–C) groups is 1. The average molecular weight is 578 g/mol. The number of piperazine rings is 1. The second-order valence-corrected chi connectivity index (χ2v) is 8.63. The van der Waals surface area contributed by atoms with Gasteiger partial charge in [0.05, 0.1) is 7.11 Å². The predicted molar refractivity (Wildman–Crippen MR) is 149 cm³/mol. The van der Waals surface area contributed by atoms with Crippen LogP contribution in [0.4, 0.5) is 5.69 Å². The molecule has 1 atom stereocenters. The molecule has 34 heavy (non-hydrogen) atoms. The van der Waals surface area contributed by atoms with Gasteiger partial charge in [0.25, 0.3) is 0 Å². The number of methoxy groups -OCH3 is 1. The second-order valence-electron chi connectivity index (χ2n) is 8.63. The molecule has 0 radical (unpaired) electrons. The first-order valence-electron chi connectivity index (χ1n) is 11.8. The molecular weight excluding hydrogens is 541 g/mol. The maximum Gasteiger partial charge on any atom is 0.224 e. The molecule has 2 heterocycles. The summed E-state index contributed by atoms with van der Waals surface area (Å²) in [6, 6.07) is 18.8. The van der Waals surface area contributed by atoms with Crippen molar-refractivity contribution in [2.24, 2.45) is 4.99 Å². The van der Waals surface area contributed by atoms with Crippen molar-refractivity contribution in [2.75, 3.05) is 64.9 Å². The molecule has 2 aromatic rings. The lowest BCUT2D eigenvalue weighted by molar-refractivity contribution is -0.131. The van der Waals surface area contributed by atoms with Crippen LogP contribution in [0, 0.1) is 0 Å². The van der Waals surface area contributed by atoms with Gasteiger partial charge in [-0.15, -0.1) is 24.0 Å². The minimum atomic E-state index is 0. The number of carbonyl (C=O) groups excluding carboxylic acids is 1. The number of halogens is 1. The van der Waals surface area contributed by atoms with Crippen LogP contribution in [0.3, 0.4) is 0 Å². The lowest BCUT2D eigenvalue weighted by atomic mass is 9.98. The van der Waals surface area contributed by atoms with Gasteiger partial charge in [-0.3, -0.25) is 9.79 Å². The van der Waals surface area contributed by atoms with E-state index in [0.717, 1.165) is 57.4 Å². The fourth-order valence-electron chi connectivity index (χ4n) is 4.73. The van der Waals surface area contributed by atoms with Gasteiger partial charge in [0, 0.05) is 70.9 Å². The van der Waals surface area contributed by atoms with Gasteiger partial charge in [-0.1, -0.05) is 30.3 Å². The molecule has 2 aliphatic rings. The molecule has 184 valence electrons. The number of carbonyl (C=O) groups is 1. The third-order valence-electron chi connectivity index (χ3n) is 6.66. The Morgan fingerprint density at radius 2 is 1.71 bits per heavy atom. The normalized spacial score (nSPS) is 18.5. The number of benzene rings is 2. The molecule has 2 saturated heterocycles. The van der Waals surface area contributed by atoms with Crippen molar-refractivity contribution in [3.8, 4) is 5.75 Å². The average Bonchev–Trinajstić information content (AvgIpc) is 3.37. The van der Waals surface area contributed by atoms with Gasteiger partial charge in [-0.05, 0) is 36.2 Å². The molecular formula is C26H36IN5O2. The van der Waals surface area contributed by atoms with E-state index in [2.05, 4.69) is 56.5 Å². The summed E-state index contributed by atoms with van der Waals surface area (Å²) < 4.78 is 5.27. The fourth-order valence-corrected chi connectivity index (χ4v) is 4.73. The third-order valence-corrected chi connectivity index (χ3v) is 6.66. The van der Waals surface area contributed by atoms with E-state index >= 15 is 0 Å². The van der Waals surface area contributed by atoms with Crippen LogP contribution in [-0.4, -0.2) is 81.6 Å². The monoisotopic (exact) mass is 577 g/mol. The summed E-state index contributed by atoms with van der Waals surface area (Å²) in [4.78, 5) is 23.8. The van der Waals surface area contributed by atoms with Gasteiger partial charge < -0.3 is 24.8 Å². The van der Waals surface area contributed by atoms with E-state index in [4.69, 9.17) is 4.74 Å². The largest absolute Gasteiger partial charge is 0.497 e. The Labute approximate surface area is 220 Å². The highest BCUT2D eigenvalue weighted by atomic mass is 127. The number of nitrogens with zero attached hydrogens (tertiary/aromatic N) is 4. The summed E-state index contributed by atoms with van der Waals surface area (Å²) >= 11 is 0. The fraction of sp³-hybridized carbons (Fsp3) is 0.462. The molecule has 0 aliphatic carbocycles. The molecule has 2 aliphatic heterocycles. The van der Waals surface area contributed by atoms with Crippen LogP contribution in [0.15, 0.2) is 59.6 Å². The molecule has 8 heteroatoms. The van der Waals surface area contributed by atoms with E-state index in [-0.39, 0.29) is 29.9 Å². The highest BCUT2D eigenvalue weighted by Gasteiger charge is 2.26. The van der Waals surface area contributed by atoms with Crippen LogP contribution in [-0.2, 0) is 4.79 Å². The van der Waals surface area contributed by atoms with Gasteiger partial charge in [-0.2, -0.15) is 0 Å². The van der Waals surface area contributed by atoms with E-state index in [1.54, 1.807) is 7.11 Å². The zero-order valence-electron chi connectivity index (χ0n) is 20.2. The number of ether oxygens (including phenoxy) is 1. The van der Waals surface area contributed by atoms with Crippen molar-refractivity contribution in [3.63, 3.8) is 0 Å². The number of amides is 1. The second kappa shape index (κ2) is 12.8. The minimum Gasteiger partial charge on any atom is -0.497 e. The van der Waals surface area contributed by atoms with Crippen LogP contribution in [0.2, 0.25) is 0 Å². The smallest absolute Gasteiger partial charge is 0.224 e. The molecule has 1 amide bonds. The van der Waals surface area contributed by atoms with E-state index in [0.29, 0.717) is 18.9 Å².